The quantitative estimate of drug-likeness (QED) is 0.855. The highest BCUT2D eigenvalue weighted by Crippen LogP contribution is 2.12. The van der Waals surface area contributed by atoms with Crippen LogP contribution >= 0.6 is 0 Å². The maximum atomic E-state index is 12.0. The maximum absolute atomic E-state index is 12.0. The van der Waals surface area contributed by atoms with Crippen LogP contribution in [0.2, 0.25) is 0 Å². The smallest absolute Gasteiger partial charge is 0.270 e. The lowest BCUT2D eigenvalue weighted by atomic mass is 10.1. The number of pyridine rings is 1. The van der Waals surface area contributed by atoms with Gasteiger partial charge in [0.25, 0.3) is 5.91 Å². The predicted octanol–water partition coefficient (Wildman–Crippen LogP) is 1.04. The normalized spacial score (nSPS) is 11.6. The number of primary amides is 1. The third-order valence-corrected chi connectivity index (χ3v) is 2.59. The summed E-state index contributed by atoms with van der Waals surface area (Å²) in [6.45, 7) is 0. The minimum absolute atomic E-state index is 0.240. The molecule has 2 rings (SSSR count). The van der Waals surface area contributed by atoms with Gasteiger partial charge in [0.05, 0.1) is 0 Å². The Morgan fingerprint density at radius 3 is 2.32 bits per heavy atom. The zero-order valence-electron chi connectivity index (χ0n) is 10.1. The van der Waals surface area contributed by atoms with E-state index in [2.05, 4.69) is 10.3 Å². The molecule has 5 heteroatoms. The van der Waals surface area contributed by atoms with Gasteiger partial charge in [-0.15, -0.1) is 0 Å². The van der Waals surface area contributed by atoms with Crippen molar-refractivity contribution in [3.8, 4) is 0 Å². The van der Waals surface area contributed by atoms with Gasteiger partial charge in [0.2, 0.25) is 5.91 Å². The maximum Gasteiger partial charge on any atom is 0.270 e. The van der Waals surface area contributed by atoms with Crippen molar-refractivity contribution in [1.29, 1.82) is 0 Å². The van der Waals surface area contributed by atoms with Gasteiger partial charge in [-0.05, 0) is 17.7 Å². The number of amides is 2. The molecule has 0 fully saturated rings. The van der Waals surface area contributed by atoms with Gasteiger partial charge < -0.3 is 11.1 Å². The molecule has 1 heterocycles. The number of benzene rings is 1. The van der Waals surface area contributed by atoms with Crippen molar-refractivity contribution < 1.29 is 9.59 Å². The highest BCUT2D eigenvalue weighted by Gasteiger charge is 2.20. The minimum atomic E-state index is -0.865. The summed E-state index contributed by atoms with van der Waals surface area (Å²) in [7, 11) is 0. The third kappa shape index (κ3) is 3.16. The SMILES string of the molecule is NC(=O)C(NC(=O)c1ccccn1)c1ccccc1. The summed E-state index contributed by atoms with van der Waals surface area (Å²) in [5.74, 6) is -1.05. The van der Waals surface area contributed by atoms with Gasteiger partial charge in [0.1, 0.15) is 11.7 Å². The van der Waals surface area contributed by atoms with Crippen LogP contribution in [0.25, 0.3) is 0 Å². The molecule has 5 nitrogen and oxygen atoms in total. The molecular weight excluding hydrogens is 242 g/mol. The monoisotopic (exact) mass is 255 g/mol. The fourth-order valence-electron chi connectivity index (χ4n) is 1.67. The molecule has 1 atom stereocenters. The van der Waals surface area contributed by atoms with Crippen LogP contribution in [-0.2, 0) is 4.79 Å². The molecule has 1 unspecified atom stereocenters. The van der Waals surface area contributed by atoms with Crippen LogP contribution < -0.4 is 11.1 Å². The molecule has 0 saturated heterocycles. The van der Waals surface area contributed by atoms with Crippen molar-refractivity contribution in [3.63, 3.8) is 0 Å². The molecule has 0 aliphatic heterocycles. The first kappa shape index (κ1) is 12.8. The summed E-state index contributed by atoms with van der Waals surface area (Å²) < 4.78 is 0. The topological polar surface area (TPSA) is 85.1 Å². The summed E-state index contributed by atoms with van der Waals surface area (Å²) in [5, 5.41) is 2.57. The predicted molar refractivity (Wildman–Crippen MR) is 70.1 cm³/mol. The molecule has 0 aliphatic rings. The zero-order chi connectivity index (χ0) is 13.7. The van der Waals surface area contributed by atoms with Crippen LogP contribution in [0.3, 0.4) is 0 Å². The van der Waals surface area contributed by atoms with Crippen molar-refractivity contribution in [2.75, 3.05) is 0 Å². The Morgan fingerprint density at radius 2 is 1.74 bits per heavy atom. The van der Waals surface area contributed by atoms with Crippen LogP contribution in [0, 0.1) is 0 Å². The van der Waals surface area contributed by atoms with Crippen LogP contribution in [0.5, 0.6) is 0 Å². The molecule has 3 N–H and O–H groups in total. The average Bonchev–Trinajstić information content (AvgIpc) is 2.46. The lowest BCUT2D eigenvalue weighted by Gasteiger charge is -2.15. The largest absolute Gasteiger partial charge is 0.368 e. The Labute approximate surface area is 110 Å². The van der Waals surface area contributed by atoms with Gasteiger partial charge in [-0.1, -0.05) is 36.4 Å². The van der Waals surface area contributed by atoms with Gasteiger partial charge >= 0.3 is 0 Å². The summed E-state index contributed by atoms with van der Waals surface area (Å²) in [6.07, 6.45) is 1.51. The molecule has 1 aromatic heterocycles. The minimum Gasteiger partial charge on any atom is -0.368 e. The number of carbonyl (C=O) groups excluding carboxylic acids is 2. The number of hydrogen-bond donors (Lipinski definition) is 2. The Balaban J connectivity index is 2.19. The second-order valence-corrected chi connectivity index (χ2v) is 3.93. The molecule has 0 radical (unpaired) electrons. The molecule has 0 saturated carbocycles. The standard InChI is InChI=1S/C14H13N3O2/c15-13(18)12(10-6-2-1-3-7-10)17-14(19)11-8-4-5-9-16-11/h1-9,12H,(H2,15,18)(H,17,19). The first-order chi connectivity index (χ1) is 9.18. The van der Waals surface area contributed by atoms with Gasteiger partial charge in [0.15, 0.2) is 0 Å². The molecular formula is C14H13N3O2. The van der Waals surface area contributed by atoms with Gasteiger partial charge in [-0.2, -0.15) is 0 Å². The van der Waals surface area contributed by atoms with Crippen molar-refractivity contribution in [2.24, 2.45) is 5.73 Å². The number of nitrogens with one attached hydrogen (secondary N) is 1. The molecule has 0 aliphatic carbocycles. The van der Waals surface area contributed by atoms with E-state index in [4.69, 9.17) is 5.73 Å². The number of aromatic nitrogens is 1. The Kier molecular flexibility index (Phi) is 3.87. The van der Waals surface area contributed by atoms with E-state index >= 15 is 0 Å². The fourth-order valence-corrected chi connectivity index (χ4v) is 1.67. The lowest BCUT2D eigenvalue weighted by Crippen LogP contribution is -2.37. The number of nitrogens with two attached hydrogens (primary N) is 1. The van der Waals surface area contributed by atoms with Gasteiger partial charge in [-0.3, -0.25) is 14.6 Å². The van der Waals surface area contributed by atoms with E-state index in [-0.39, 0.29) is 5.69 Å². The van der Waals surface area contributed by atoms with E-state index in [0.717, 1.165) is 0 Å². The average molecular weight is 255 g/mol. The number of nitrogens with zero attached hydrogens (tertiary/aromatic N) is 1. The molecule has 2 amide bonds. The Morgan fingerprint density at radius 1 is 1.05 bits per heavy atom. The van der Waals surface area contributed by atoms with Crippen molar-refractivity contribution in [3.05, 3.63) is 66.0 Å². The lowest BCUT2D eigenvalue weighted by molar-refractivity contribution is -0.120. The zero-order valence-corrected chi connectivity index (χ0v) is 10.1. The second kappa shape index (κ2) is 5.77. The first-order valence-electron chi connectivity index (χ1n) is 5.74. The van der Waals surface area contributed by atoms with Gasteiger partial charge in [-0.25, -0.2) is 0 Å². The fraction of sp³-hybridized carbons (Fsp3) is 0.0714. The van der Waals surface area contributed by atoms with E-state index in [0.29, 0.717) is 5.56 Å². The van der Waals surface area contributed by atoms with Crippen LogP contribution in [0.1, 0.15) is 22.1 Å². The van der Waals surface area contributed by atoms with Crippen molar-refractivity contribution in [1.82, 2.24) is 10.3 Å². The van der Waals surface area contributed by atoms with E-state index in [9.17, 15) is 9.59 Å². The van der Waals surface area contributed by atoms with Crippen molar-refractivity contribution >= 4 is 11.8 Å². The molecule has 0 spiro atoms. The summed E-state index contributed by atoms with van der Waals surface area (Å²) in [5.41, 5.74) is 6.20. The number of rotatable bonds is 4. The van der Waals surface area contributed by atoms with E-state index < -0.39 is 17.9 Å². The second-order valence-electron chi connectivity index (χ2n) is 3.93. The Bertz CT molecular complexity index is 570. The van der Waals surface area contributed by atoms with Crippen LogP contribution in [0.4, 0.5) is 0 Å². The molecule has 1 aromatic carbocycles. The summed E-state index contributed by atoms with van der Waals surface area (Å²) in [6, 6.07) is 12.9. The molecule has 2 aromatic rings. The number of hydrogen-bond acceptors (Lipinski definition) is 3. The van der Waals surface area contributed by atoms with E-state index in [1.807, 2.05) is 6.07 Å². The first-order valence-corrected chi connectivity index (χ1v) is 5.74. The van der Waals surface area contributed by atoms with Crippen LogP contribution in [-0.4, -0.2) is 16.8 Å². The molecule has 0 bridgehead atoms. The molecule has 19 heavy (non-hydrogen) atoms. The third-order valence-electron chi connectivity index (χ3n) is 2.59. The van der Waals surface area contributed by atoms with Gasteiger partial charge in [0, 0.05) is 6.20 Å². The van der Waals surface area contributed by atoms with Crippen molar-refractivity contribution in [2.45, 2.75) is 6.04 Å². The van der Waals surface area contributed by atoms with E-state index in [1.165, 1.54) is 6.20 Å². The Hall–Kier alpha value is -2.69. The summed E-state index contributed by atoms with van der Waals surface area (Å²) in [4.78, 5) is 27.3. The summed E-state index contributed by atoms with van der Waals surface area (Å²) >= 11 is 0. The van der Waals surface area contributed by atoms with Crippen LogP contribution in [0.15, 0.2) is 54.7 Å². The highest BCUT2D eigenvalue weighted by molar-refractivity contribution is 5.96. The highest BCUT2D eigenvalue weighted by atomic mass is 16.2. The van der Waals surface area contributed by atoms with E-state index in [1.54, 1.807) is 42.5 Å². The molecule has 96 valence electrons. The number of carbonyl (C=O) groups is 2.